The van der Waals surface area contributed by atoms with Crippen LogP contribution in [0.4, 0.5) is 0 Å². The van der Waals surface area contributed by atoms with Crippen LogP contribution < -0.4 is 0 Å². The molecule has 1 unspecified atom stereocenters. The molecule has 31 heavy (non-hydrogen) atoms. The van der Waals surface area contributed by atoms with Crippen molar-refractivity contribution in [2.45, 2.75) is 64.0 Å². The molecule has 0 fully saturated rings. The Morgan fingerprint density at radius 3 is 2.03 bits per heavy atom. The van der Waals surface area contributed by atoms with Crippen LogP contribution in [0.25, 0.3) is 6.08 Å². The van der Waals surface area contributed by atoms with Gasteiger partial charge in [-0.3, -0.25) is 0 Å². The van der Waals surface area contributed by atoms with Gasteiger partial charge in [0.15, 0.2) is 0 Å². The zero-order valence-corrected chi connectivity index (χ0v) is 23.6. The molecule has 6 heteroatoms. The Morgan fingerprint density at radius 2 is 1.45 bits per heavy atom. The quantitative estimate of drug-likeness (QED) is 0.388. The van der Waals surface area contributed by atoms with E-state index in [1.807, 2.05) is 7.05 Å². The molecule has 0 bridgehead atoms. The van der Waals surface area contributed by atoms with E-state index in [1.165, 1.54) is 22.3 Å². The summed E-state index contributed by atoms with van der Waals surface area (Å²) < 4.78 is 15.3. The van der Waals surface area contributed by atoms with Gasteiger partial charge < -0.3 is 9.03 Å². The van der Waals surface area contributed by atoms with Gasteiger partial charge in [-0.15, -0.1) is 24.8 Å². The number of halogens is 2. The second kappa shape index (κ2) is 12.0. The molecule has 2 nitrogen and oxygen atoms in total. The number of benzene rings is 2. The van der Waals surface area contributed by atoms with E-state index in [9.17, 15) is 4.46 Å². The first-order valence-electron chi connectivity index (χ1n) is 10.2. The zero-order chi connectivity index (χ0) is 20.5. The van der Waals surface area contributed by atoms with Crippen molar-refractivity contribution in [3.05, 3.63) is 76.9 Å². The Morgan fingerprint density at radius 1 is 0.903 bits per heavy atom. The SMILES string of the molecule is CN([Si](=O)CC1C(CC(C)(C)c2ccccc2)=Cc2ccccc21)C(C)(C)C.Cl.Cl.[Ti]. The van der Waals surface area contributed by atoms with Crippen molar-refractivity contribution in [2.75, 3.05) is 7.05 Å². The normalized spacial score (nSPS) is 14.9. The average molecular weight is 512 g/mol. The van der Waals surface area contributed by atoms with Crippen LogP contribution in [0.3, 0.4) is 0 Å². The standard InChI is InChI=1S/C25H33NOSi.2ClH.Ti/c1-24(2,3)26(6)28(27)18-23-20(16-19-12-10-11-15-22(19)23)17-25(4,5)21-13-8-7-9-14-21;;;/h7-16,23H,17-18H2,1-6H3;2*1H;. The summed E-state index contributed by atoms with van der Waals surface area (Å²) in [6.07, 6.45) is 3.32. The molecule has 0 aromatic heterocycles. The number of hydrogen-bond acceptors (Lipinski definition) is 1. The van der Waals surface area contributed by atoms with Crippen molar-refractivity contribution in [3.63, 3.8) is 0 Å². The fourth-order valence-corrected chi connectivity index (χ4v) is 5.92. The minimum atomic E-state index is -1.86. The van der Waals surface area contributed by atoms with Crippen LogP contribution >= 0.6 is 24.8 Å². The van der Waals surface area contributed by atoms with Gasteiger partial charge in [0.1, 0.15) is 0 Å². The molecule has 3 rings (SSSR count). The van der Waals surface area contributed by atoms with Crippen molar-refractivity contribution in [1.82, 2.24) is 4.57 Å². The molecule has 1 aliphatic carbocycles. The molecule has 0 saturated heterocycles. The molecular formula is C25H35Cl2NOSiTi. The number of fused-ring (bicyclic) bond motifs is 1. The van der Waals surface area contributed by atoms with Gasteiger partial charge >= 0.3 is 8.84 Å². The maximum absolute atomic E-state index is 13.2. The van der Waals surface area contributed by atoms with Crippen molar-refractivity contribution in [2.24, 2.45) is 0 Å². The van der Waals surface area contributed by atoms with Crippen LogP contribution in [0.15, 0.2) is 60.2 Å². The summed E-state index contributed by atoms with van der Waals surface area (Å²) >= 11 is 0. The average Bonchev–Trinajstić information content (AvgIpc) is 2.97. The minimum Gasteiger partial charge on any atom is -0.375 e. The van der Waals surface area contributed by atoms with E-state index in [0.717, 1.165) is 6.42 Å². The first kappa shape index (κ1) is 30.3. The molecule has 0 amide bonds. The van der Waals surface area contributed by atoms with Crippen molar-refractivity contribution < 1.29 is 26.2 Å². The van der Waals surface area contributed by atoms with E-state index in [4.69, 9.17) is 0 Å². The number of hydrogen-bond donors (Lipinski definition) is 0. The van der Waals surface area contributed by atoms with E-state index in [0.29, 0.717) is 6.04 Å². The van der Waals surface area contributed by atoms with Crippen molar-refractivity contribution >= 4 is 39.7 Å². The van der Waals surface area contributed by atoms with Crippen LogP contribution in [-0.4, -0.2) is 26.0 Å². The van der Waals surface area contributed by atoms with Gasteiger partial charge in [0, 0.05) is 46.3 Å². The predicted molar refractivity (Wildman–Crippen MR) is 135 cm³/mol. The fourth-order valence-electron chi connectivity index (χ4n) is 4.06. The fraction of sp³-hybridized carbons (Fsp3) is 0.440. The minimum absolute atomic E-state index is 0. The number of nitrogens with zero attached hydrogens (tertiary/aromatic N) is 1. The molecule has 0 saturated carbocycles. The topological polar surface area (TPSA) is 20.3 Å². The van der Waals surface area contributed by atoms with Gasteiger partial charge in [-0.2, -0.15) is 0 Å². The van der Waals surface area contributed by atoms with Crippen molar-refractivity contribution in [3.8, 4) is 0 Å². The monoisotopic (exact) mass is 511 g/mol. The smallest absolute Gasteiger partial charge is 0.375 e. The van der Waals surface area contributed by atoms with Gasteiger partial charge in [0.05, 0.1) is 0 Å². The Labute approximate surface area is 217 Å². The summed E-state index contributed by atoms with van der Waals surface area (Å²) in [5, 5.41) is 0. The van der Waals surface area contributed by atoms with Crippen LogP contribution in [0.5, 0.6) is 0 Å². The van der Waals surface area contributed by atoms with Gasteiger partial charge in [-0.25, -0.2) is 0 Å². The van der Waals surface area contributed by atoms with Crippen LogP contribution in [-0.2, 0) is 31.6 Å². The molecule has 1 atom stereocenters. The van der Waals surface area contributed by atoms with Gasteiger partial charge in [-0.05, 0) is 49.3 Å². The molecule has 2 aromatic rings. The third kappa shape index (κ3) is 7.14. The zero-order valence-electron chi connectivity index (χ0n) is 19.4. The molecule has 2 aromatic carbocycles. The van der Waals surface area contributed by atoms with E-state index in [-0.39, 0.29) is 63.4 Å². The second-order valence-electron chi connectivity index (χ2n) is 9.66. The molecule has 0 aliphatic heterocycles. The second-order valence-corrected chi connectivity index (χ2v) is 11.5. The van der Waals surface area contributed by atoms with Crippen LogP contribution in [0, 0.1) is 0 Å². The number of rotatable bonds is 6. The van der Waals surface area contributed by atoms with E-state index in [1.54, 1.807) is 0 Å². The van der Waals surface area contributed by atoms with Crippen LogP contribution in [0.1, 0.15) is 63.6 Å². The Hall–Kier alpha value is -0.709. The third-order valence-corrected chi connectivity index (χ3v) is 8.30. The summed E-state index contributed by atoms with van der Waals surface area (Å²) in [5.41, 5.74) is 5.35. The summed E-state index contributed by atoms with van der Waals surface area (Å²) in [6, 6.07) is 20.1. The summed E-state index contributed by atoms with van der Waals surface area (Å²) in [4.78, 5) is 0. The molecular weight excluding hydrogens is 477 g/mol. The Balaban J connectivity index is 0.00000300. The molecule has 0 heterocycles. The van der Waals surface area contributed by atoms with Gasteiger partial charge in [0.2, 0.25) is 0 Å². The molecule has 0 N–H and O–H groups in total. The summed E-state index contributed by atoms with van der Waals surface area (Å²) in [7, 11) is 0.141. The molecule has 0 spiro atoms. The third-order valence-electron chi connectivity index (χ3n) is 6.12. The van der Waals surface area contributed by atoms with E-state index in [2.05, 4.69) is 99.9 Å². The maximum Gasteiger partial charge on any atom is 0.395 e. The summed E-state index contributed by atoms with van der Waals surface area (Å²) in [5.74, 6) is 0.246. The predicted octanol–water partition coefficient (Wildman–Crippen LogP) is 7.03. The molecule has 1 aliphatic rings. The maximum atomic E-state index is 13.2. The van der Waals surface area contributed by atoms with Gasteiger partial charge in [-0.1, -0.05) is 80.1 Å². The summed E-state index contributed by atoms with van der Waals surface area (Å²) in [6.45, 7) is 11.0. The van der Waals surface area contributed by atoms with E-state index < -0.39 is 8.84 Å². The number of allylic oxidation sites excluding steroid dienone is 1. The van der Waals surface area contributed by atoms with Gasteiger partial charge in [0.25, 0.3) is 0 Å². The largest absolute Gasteiger partial charge is 0.395 e. The Kier molecular flexibility index (Phi) is 11.7. The first-order chi connectivity index (χ1) is 13.1. The van der Waals surface area contributed by atoms with Crippen LogP contribution in [0.2, 0.25) is 6.04 Å². The molecule has 0 radical (unpaired) electrons. The first-order valence-corrected chi connectivity index (χ1v) is 11.8. The van der Waals surface area contributed by atoms with Crippen molar-refractivity contribution in [1.29, 1.82) is 0 Å². The Bertz CT molecular complexity index is 894. The molecule has 168 valence electrons. The van der Waals surface area contributed by atoms with E-state index >= 15 is 0 Å².